The Kier molecular flexibility index (Phi) is 4.91. The Bertz CT molecular complexity index is 930. The lowest BCUT2D eigenvalue weighted by molar-refractivity contribution is -0.174. The Labute approximate surface area is 161 Å². The van der Waals surface area contributed by atoms with Crippen molar-refractivity contribution in [1.29, 1.82) is 0 Å². The van der Waals surface area contributed by atoms with Gasteiger partial charge in [0.2, 0.25) is 10.0 Å². The summed E-state index contributed by atoms with van der Waals surface area (Å²) in [5.41, 5.74) is -0.452. The fourth-order valence-corrected chi connectivity index (χ4v) is 5.02. The van der Waals surface area contributed by atoms with Crippen LogP contribution in [0.1, 0.15) is 38.3 Å². The molecular formula is C21H25NO4S. The topological polar surface area (TPSA) is 63.7 Å². The van der Waals surface area contributed by atoms with E-state index >= 15 is 0 Å². The Morgan fingerprint density at radius 3 is 2.11 bits per heavy atom. The van der Waals surface area contributed by atoms with Crippen LogP contribution in [0.5, 0.6) is 0 Å². The Morgan fingerprint density at radius 1 is 1.04 bits per heavy atom. The number of aryl methyl sites for hydroxylation is 1. The molecule has 0 N–H and O–H groups in total. The maximum atomic E-state index is 13.3. The van der Waals surface area contributed by atoms with Gasteiger partial charge in [-0.3, -0.25) is 0 Å². The zero-order chi connectivity index (χ0) is 19.9. The summed E-state index contributed by atoms with van der Waals surface area (Å²) in [5, 5.41) is 0. The third kappa shape index (κ3) is 3.51. The van der Waals surface area contributed by atoms with Gasteiger partial charge in [-0.1, -0.05) is 48.0 Å². The molecule has 0 aromatic heterocycles. The molecule has 1 atom stereocenters. The minimum atomic E-state index is -3.84. The fourth-order valence-electron chi connectivity index (χ4n) is 3.28. The first kappa shape index (κ1) is 19.6. The van der Waals surface area contributed by atoms with Crippen LogP contribution >= 0.6 is 0 Å². The van der Waals surface area contributed by atoms with Gasteiger partial charge in [-0.15, -0.1) is 0 Å². The molecule has 0 saturated carbocycles. The van der Waals surface area contributed by atoms with Gasteiger partial charge in [-0.25, -0.2) is 13.2 Å². The molecule has 2 aromatic rings. The number of sulfonamides is 1. The van der Waals surface area contributed by atoms with Crippen LogP contribution in [0.2, 0.25) is 0 Å². The number of rotatable bonds is 4. The summed E-state index contributed by atoms with van der Waals surface area (Å²) in [5.74, 6) is -0.539. The average molecular weight is 388 g/mol. The highest BCUT2D eigenvalue weighted by atomic mass is 32.2. The number of benzene rings is 2. The molecule has 27 heavy (non-hydrogen) atoms. The van der Waals surface area contributed by atoms with E-state index in [4.69, 9.17) is 4.74 Å². The van der Waals surface area contributed by atoms with Crippen LogP contribution in [-0.2, 0) is 25.1 Å². The molecule has 0 bridgehead atoms. The lowest BCUT2D eigenvalue weighted by atomic mass is 9.80. The summed E-state index contributed by atoms with van der Waals surface area (Å²) in [6.45, 7) is 7.50. The highest BCUT2D eigenvalue weighted by molar-refractivity contribution is 7.89. The number of hydrogen-bond donors (Lipinski definition) is 0. The van der Waals surface area contributed by atoms with E-state index in [9.17, 15) is 13.2 Å². The minimum Gasteiger partial charge on any atom is -0.458 e. The van der Waals surface area contributed by atoms with Gasteiger partial charge in [-0.05, 0) is 51.8 Å². The van der Waals surface area contributed by atoms with Crippen LogP contribution in [0.25, 0.3) is 0 Å². The van der Waals surface area contributed by atoms with E-state index in [-0.39, 0.29) is 11.4 Å². The normalized spacial score (nSPS) is 20.7. The van der Waals surface area contributed by atoms with Gasteiger partial charge in [0.05, 0.1) is 4.90 Å². The van der Waals surface area contributed by atoms with Crippen LogP contribution < -0.4 is 0 Å². The van der Waals surface area contributed by atoms with E-state index in [1.54, 1.807) is 69.3 Å². The second-order valence-electron chi connectivity index (χ2n) is 7.87. The quantitative estimate of drug-likeness (QED) is 0.752. The number of carbonyl (C=O) groups excluding carboxylic acids is 1. The molecule has 1 aliphatic heterocycles. The third-order valence-electron chi connectivity index (χ3n) is 4.70. The Hall–Kier alpha value is -2.18. The lowest BCUT2D eigenvalue weighted by Crippen LogP contribution is -2.64. The van der Waals surface area contributed by atoms with Crippen LogP contribution in [-0.4, -0.2) is 30.8 Å². The van der Waals surface area contributed by atoms with E-state index in [1.165, 1.54) is 4.31 Å². The standard InChI is InChI=1S/C21H25NO4S/c1-16-10-12-18(13-11-16)27(24,25)22-15-14-21(22,17-8-6-5-7-9-17)19(23)26-20(2,3)4/h5-13H,14-15H2,1-4H3/t21-/m1/s1. The van der Waals surface area contributed by atoms with Crippen molar-refractivity contribution in [3.63, 3.8) is 0 Å². The van der Waals surface area contributed by atoms with Crippen molar-refractivity contribution in [3.8, 4) is 0 Å². The molecule has 2 aromatic carbocycles. The monoisotopic (exact) mass is 387 g/mol. The van der Waals surface area contributed by atoms with E-state index in [0.717, 1.165) is 5.56 Å². The largest absolute Gasteiger partial charge is 0.458 e. The Morgan fingerprint density at radius 2 is 1.63 bits per heavy atom. The summed E-state index contributed by atoms with van der Waals surface area (Å²) in [7, 11) is -3.84. The maximum absolute atomic E-state index is 13.3. The van der Waals surface area contributed by atoms with Gasteiger partial charge in [-0.2, -0.15) is 4.31 Å². The molecule has 3 rings (SSSR count). The number of esters is 1. The second kappa shape index (κ2) is 6.77. The van der Waals surface area contributed by atoms with Crippen LogP contribution in [0.15, 0.2) is 59.5 Å². The van der Waals surface area contributed by atoms with Gasteiger partial charge in [0.1, 0.15) is 5.60 Å². The summed E-state index contributed by atoms with van der Waals surface area (Å²) < 4.78 is 33.5. The Balaban J connectivity index is 2.09. The predicted octanol–water partition coefficient (Wildman–Crippen LogP) is 3.63. The summed E-state index contributed by atoms with van der Waals surface area (Å²) in [4.78, 5) is 13.4. The van der Waals surface area contributed by atoms with Crippen molar-refractivity contribution in [2.24, 2.45) is 0 Å². The molecule has 0 radical (unpaired) electrons. The molecule has 0 unspecified atom stereocenters. The third-order valence-corrected chi connectivity index (χ3v) is 6.64. The number of carbonyl (C=O) groups is 1. The molecule has 6 heteroatoms. The zero-order valence-electron chi connectivity index (χ0n) is 16.1. The van der Waals surface area contributed by atoms with Gasteiger partial charge in [0, 0.05) is 6.54 Å². The molecule has 1 fully saturated rings. The van der Waals surface area contributed by atoms with Crippen molar-refractivity contribution < 1.29 is 17.9 Å². The van der Waals surface area contributed by atoms with Gasteiger partial charge in [0.15, 0.2) is 5.54 Å². The first-order valence-electron chi connectivity index (χ1n) is 8.96. The van der Waals surface area contributed by atoms with E-state index < -0.39 is 27.1 Å². The van der Waals surface area contributed by atoms with Crippen molar-refractivity contribution in [2.45, 2.75) is 50.2 Å². The second-order valence-corrected chi connectivity index (χ2v) is 9.73. The minimum absolute atomic E-state index is 0.177. The molecule has 5 nitrogen and oxygen atoms in total. The zero-order valence-corrected chi connectivity index (χ0v) is 16.9. The van der Waals surface area contributed by atoms with Crippen LogP contribution in [0.3, 0.4) is 0 Å². The number of ether oxygens (including phenoxy) is 1. The maximum Gasteiger partial charge on any atom is 0.332 e. The molecular weight excluding hydrogens is 362 g/mol. The smallest absolute Gasteiger partial charge is 0.332 e. The number of hydrogen-bond acceptors (Lipinski definition) is 4. The van der Waals surface area contributed by atoms with Gasteiger partial charge in [0.25, 0.3) is 0 Å². The molecule has 0 amide bonds. The van der Waals surface area contributed by atoms with Gasteiger partial charge >= 0.3 is 5.97 Å². The molecule has 1 heterocycles. The van der Waals surface area contributed by atoms with Crippen molar-refractivity contribution in [1.82, 2.24) is 4.31 Å². The van der Waals surface area contributed by atoms with Gasteiger partial charge < -0.3 is 4.74 Å². The molecule has 1 aliphatic rings. The highest BCUT2D eigenvalue weighted by Crippen LogP contribution is 2.46. The van der Waals surface area contributed by atoms with Crippen LogP contribution in [0.4, 0.5) is 0 Å². The summed E-state index contributed by atoms with van der Waals surface area (Å²) >= 11 is 0. The first-order valence-corrected chi connectivity index (χ1v) is 10.4. The van der Waals surface area contributed by atoms with E-state index in [2.05, 4.69) is 0 Å². The average Bonchev–Trinajstić information content (AvgIpc) is 2.53. The van der Waals surface area contributed by atoms with Crippen molar-refractivity contribution in [3.05, 3.63) is 65.7 Å². The fraction of sp³-hybridized carbons (Fsp3) is 0.381. The van der Waals surface area contributed by atoms with E-state index in [0.29, 0.717) is 12.0 Å². The summed E-state index contributed by atoms with van der Waals surface area (Å²) in [6, 6.07) is 15.7. The molecule has 144 valence electrons. The summed E-state index contributed by atoms with van der Waals surface area (Å²) in [6.07, 6.45) is 0.386. The SMILES string of the molecule is Cc1ccc(S(=O)(=O)N2CC[C@]2(C(=O)OC(C)(C)C)c2ccccc2)cc1. The highest BCUT2D eigenvalue weighted by Gasteiger charge is 2.59. The molecule has 1 saturated heterocycles. The van der Waals surface area contributed by atoms with Crippen LogP contribution in [0, 0.1) is 6.92 Å². The molecule has 0 spiro atoms. The van der Waals surface area contributed by atoms with Crippen molar-refractivity contribution in [2.75, 3.05) is 6.54 Å². The number of nitrogens with zero attached hydrogens (tertiary/aromatic N) is 1. The van der Waals surface area contributed by atoms with Crippen molar-refractivity contribution >= 4 is 16.0 Å². The molecule has 0 aliphatic carbocycles. The predicted molar refractivity (Wildman–Crippen MR) is 104 cm³/mol. The van der Waals surface area contributed by atoms with E-state index in [1.807, 2.05) is 13.0 Å². The first-order chi connectivity index (χ1) is 12.6. The lowest BCUT2D eigenvalue weighted by Gasteiger charge is -2.50.